The smallest absolute Gasteiger partial charge is 0.292 e. The van der Waals surface area contributed by atoms with Crippen LogP contribution < -0.4 is 5.32 Å². The number of nitro benzene ring substituents is 1. The minimum Gasteiger partial charge on any atom is -0.380 e. The second-order valence-electron chi connectivity index (χ2n) is 4.03. The fourth-order valence-corrected chi connectivity index (χ4v) is 2.99. The standard InChI is InChI=1S/C12H14N4O2S2/c1-2-5-13-10-4-3-9(6-11(10)16(17)18)7-19-12-14-8-15-20-12/h3-4,6,8,13H,2,5,7H2,1H3. The number of hydrogen-bond acceptors (Lipinski definition) is 7. The maximum atomic E-state index is 11.1. The molecule has 2 rings (SSSR count). The SMILES string of the molecule is CCCNc1ccc(CSc2ncns2)cc1[N+](=O)[O-]. The summed E-state index contributed by atoms with van der Waals surface area (Å²) in [4.78, 5) is 14.8. The number of benzene rings is 1. The Balaban J connectivity index is 2.10. The van der Waals surface area contributed by atoms with Gasteiger partial charge in [-0.15, -0.1) is 0 Å². The van der Waals surface area contributed by atoms with Crippen LogP contribution in [-0.2, 0) is 5.75 Å². The number of hydrogen-bond donors (Lipinski definition) is 1. The minimum absolute atomic E-state index is 0.119. The van der Waals surface area contributed by atoms with Crippen LogP contribution >= 0.6 is 23.3 Å². The van der Waals surface area contributed by atoms with Gasteiger partial charge in [-0.2, -0.15) is 4.37 Å². The monoisotopic (exact) mass is 310 g/mol. The fraction of sp³-hybridized carbons (Fsp3) is 0.333. The lowest BCUT2D eigenvalue weighted by Crippen LogP contribution is -2.03. The van der Waals surface area contributed by atoms with Crippen LogP contribution in [0.3, 0.4) is 0 Å². The molecule has 0 radical (unpaired) electrons. The topological polar surface area (TPSA) is 81.0 Å². The van der Waals surface area contributed by atoms with Gasteiger partial charge < -0.3 is 5.32 Å². The summed E-state index contributed by atoms with van der Waals surface area (Å²) < 4.78 is 4.78. The molecule has 106 valence electrons. The highest BCUT2D eigenvalue weighted by Gasteiger charge is 2.14. The zero-order valence-corrected chi connectivity index (χ0v) is 12.5. The molecule has 0 bridgehead atoms. The Morgan fingerprint density at radius 3 is 3.00 bits per heavy atom. The van der Waals surface area contributed by atoms with Crippen molar-refractivity contribution in [2.24, 2.45) is 0 Å². The van der Waals surface area contributed by atoms with Crippen molar-refractivity contribution in [1.29, 1.82) is 0 Å². The Kier molecular flexibility index (Phi) is 5.31. The van der Waals surface area contributed by atoms with Crippen molar-refractivity contribution in [2.75, 3.05) is 11.9 Å². The zero-order chi connectivity index (χ0) is 14.4. The Morgan fingerprint density at radius 1 is 1.50 bits per heavy atom. The Morgan fingerprint density at radius 2 is 2.35 bits per heavy atom. The molecule has 0 aliphatic carbocycles. The molecule has 0 atom stereocenters. The predicted molar refractivity (Wildman–Crippen MR) is 81.3 cm³/mol. The number of anilines is 1. The van der Waals surface area contributed by atoms with E-state index in [1.54, 1.807) is 12.1 Å². The third-order valence-electron chi connectivity index (χ3n) is 2.53. The summed E-state index contributed by atoms with van der Waals surface area (Å²) in [5.41, 5.74) is 1.59. The number of rotatable bonds is 7. The summed E-state index contributed by atoms with van der Waals surface area (Å²) in [5, 5.41) is 14.2. The first-order valence-corrected chi connectivity index (χ1v) is 7.87. The number of nitrogens with one attached hydrogen (secondary N) is 1. The Hall–Kier alpha value is -1.67. The van der Waals surface area contributed by atoms with E-state index in [4.69, 9.17) is 0 Å². The molecular formula is C12H14N4O2S2. The lowest BCUT2D eigenvalue weighted by atomic mass is 10.2. The summed E-state index contributed by atoms with van der Waals surface area (Å²) in [6.07, 6.45) is 2.43. The third-order valence-corrected chi connectivity index (χ3v) is 4.40. The summed E-state index contributed by atoms with van der Waals surface area (Å²) in [7, 11) is 0. The first-order chi connectivity index (χ1) is 9.70. The third kappa shape index (κ3) is 3.91. The molecule has 0 saturated heterocycles. The molecule has 0 amide bonds. The van der Waals surface area contributed by atoms with Crippen LogP contribution in [0.15, 0.2) is 28.9 Å². The molecule has 0 aliphatic heterocycles. The van der Waals surface area contributed by atoms with Crippen molar-refractivity contribution >= 4 is 34.7 Å². The quantitative estimate of drug-likeness (QED) is 0.478. The lowest BCUT2D eigenvalue weighted by molar-refractivity contribution is -0.384. The van der Waals surface area contributed by atoms with E-state index < -0.39 is 0 Å². The van der Waals surface area contributed by atoms with Gasteiger partial charge >= 0.3 is 0 Å². The number of nitro groups is 1. The first-order valence-electron chi connectivity index (χ1n) is 6.11. The van der Waals surface area contributed by atoms with Crippen LogP contribution in [0.2, 0.25) is 0 Å². The molecule has 0 fully saturated rings. The maximum absolute atomic E-state index is 11.1. The summed E-state index contributed by atoms with van der Waals surface area (Å²) in [6.45, 7) is 2.74. The van der Waals surface area contributed by atoms with Crippen LogP contribution in [0.5, 0.6) is 0 Å². The number of aromatic nitrogens is 2. The largest absolute Gasteiger partial charge is 0.380 e. The van der Waals surface area contributed by atoms with Crippen molar-refractivity contribution in [3.8, 4) is 0 Å². The molecule has 1 heterocycles. The zero-order valence-electron chi connectivity index (χ0n) is 10.9. The van der Waals surface area contributed by atoms with Gasteiger partial charge in [0.15, 0.2) is 4.34 Å². The molecule has 8 heteroatoms. The van der Waals surface area contributed by atoms with Gasteiger partial charge in [-0.3, -0.25) is 10.1 Å². The van der Waals surface area contributed by atoms with Crippen molar-refractivity contribution in [3.63, 3.8) is 0 Å². The van der Waals surface area contributed by atoms with Gasteiger partial charge in [0.25, 0.3) is 5.69 Å². The van der Waals surface area contributed by atoms with Crippen LogP contribution in [0.25, 0.3) is 0 Å². The van der Waals surface area contributed by atoms with E-state index in [2.05, 4.69) is 14.7 Å². The minimum atomic E-state index is -0.350. The second kappa shape index (κ2) is 7.20. The predicted octanol–water partition coefficient (Wildman–Crippen LogP) is 3.56. The van der Waals surface area contributed by atoms with Gasteiger partial charge in [0.05, 0.1) is 4.92 Å². The summed E-state index contributed by atoms with van der Waals surface area (Å²) >= 11 is 2.85. The van der Waals surface area contributed by atoms with Gasteiger partial charge in [-0.05, 0) is 29.6 Å². The number of thioether (sulfide) groups is 1. The van der Waals surface area contributed by atoms with E-state index in [1.165, 1.54) is 29.6 Å². The fourth-order valence-electron chi connectivity index (χ4n) is 1.60. The molecule has 0 saturated carbocycles. The molecule has 20 heavy (non-hydrogen) atoms. The average Bonchev–Trinajstić information content (AvgIpc) is 2.96. The molecule has 1 N–H and O–H groups in total. The van der Waals surface area contributed by atoms with E-state index in [9.17, 15) is 10.1 Å². The molecule has 1 aromatic carbocycles. The van der Waals surface area contributed by atoms with Crippen molar-refractivity contribution in [1.82, 2.24) is 9.36 Å². The normalized spacial score (nSPS) is 10.4. The molecule has 1 aromatic heterocycles. The Labute approximate surface area is 124 Å². The Bertz CT molecular complexity index is 575. The van der Waals surface area contributed by atoms with Crippen molar-refractivity contribution in [2.45, 2.75) is 23.4 Å². The van der Waals surface area contributed by atoms with Crippen molar-refractivity contribution < 1.29 is 4.92 Å². The van der Waals surface area contributed by atoms with E-state index in [-0.39, 0.29) is 10.6 Å². The lowest BCUT2D eigenvalue weighted by Gasteiger charge is -2.07. The molecular weight excluding hydrogens is 296 g/mol. The van der Waals surface area contributed by atoms with Gasteiger partial charge in [0, 0.05) is 18.4 Å². The van der Waals surface area contributed by atoms with E-state index in [0.717, 1.165) is 22.9 Å². The van der Waals surface area contributed by atoms with E-state index >= 15 is 0 Å². The second-order valence-corrected chi connectivity index (χ2v) is 6.03. The highest BCUT2D eigenvalue weighted by atomic mass is 32.2. The van der Waals surface area contributed by atoms with Gasteiger partial charge in [-0.1, -0.05) is 24.8 Å². The molecule has 0 unspecified atom stereocenters. The highest BCUT2D eigenvalue weighted by molar-refractivity contribution is 8.00. The summed E-state index contributed by atoms with van der Waals surface area (Å²) in [6, 6.07) is 5.29. The van der Waals surface area contributed by atoms with Crippen LogP contribution in [0, 0.1) is 10.1 Å². The van der Waals surface area contributed by atoms with Gasteiger partial charge in [0.2, 0.25) is 0 Å². The molecule has 0 aliphatic rings. The van der Waals surface area contributed by atoms with Crippen LogP contribution in [0.1, 0.15) is 18.9 Å². The summed E-state index contributed by atoms with van der Waals surface area (Å²) in [5.74, 6) is 0.643. The molecule has 2 aromatic rings. The number of nitrogens with zero attached hydrogens (tertiary/aromatic N) is 3. The van der Waals surface area contributed by atoms with E-state index in [1.807, 2.05) is 13.0 Å². The molecule has 6 nitrogen and oxygen atoms in total. The van der Waals surface area contributed by atoms with Crippen LogP contribution in [0.4, 0.5) is 11.4 Å². The van der Waals surface area contributed by atoms with Gasteiger partial charge in [0.1, 0.15) is 12.0 Å². The van der Waals surface area contributed by atoms with E-state index in [0.29, 0.717) is 11.4 Å². The van der Waals surface area contributed by atoms with Crippen molar-refractivity contribution in [3.05, 3.63) is 40.2 Å². The maximum Gasteiger partial charge on any atom is 0.292 e. The average molecular weight is 310 g/mol. The van der Waals surface area contributed by atoms with Gasteiger partial charge in [-0.25, -0.2) is 4.98 Å². The molecule has 0 spiro atoms. The van der Waals surface area contributed by atoms with Crippen LogP contribution in [-0.4, -0.2) is 20.8 Å². The first kappa shape index (κ1) is 14.7. The highest BCUT2D eigenvalue weighted by Crippen LogP contribution is 2.29.